The lowest BCUT2D eigenvalue weighted by molar-refractivity contribution is 0.340. The topological polar surface area (TPSA) is 92.8 Å². The van der Waals surface area contributed by atoms with E-state index < -0.39 is 20.0 Å². The quantitative estimate of drug-likeness (QED) is 0.696. The standard InChI is InChI=1S/C17H22N2O5S2/c1-3-24-16-9-11-17(12-10-16)26(22,23)18-13-14-25(20,21)19(2)15-7-5-4-6-8-15/h4-12,18H,3,13-14H2,1-2H3. The van der Waals surface area contributed by atoms with Crippen LogP contribution in [-0.4, -0.2) is 42.8 Å². The van der Waals surface area contributed by atoms with Crippen molar-refractivity contribution in [2.24, 2.45) is 0 Å². The third-order valence-electron chi connectivity index (χ3n) is 3.63. The number of ether oxygens (including phenoxy) is 1. The van der Waals surface area contributed by atoms with Gasteiger partial charge in [-0.3, -0.25) is 4.31 Å². The van der Waals surface area contributed by atoms with E-state index in [0.29, 0.717) is 18.0 Å². The minimum absolute atomic E-state index is 0.0507. The largest absolute Gasteiger partial charge is 0.494 e. The summed E-state index contributed by atoms with van der Waals surface area (Å²) in [6, 6.07) is 14.5. The highest BCUT2D eigenvalue weighted by atomic mass is 32.2. The highest BCUT2D eigenvalue weighted by molar-refractivity contribution is 7.93. The van der Waals surface area contributed by atoms with E-state index in [-0.39, 0.29) is 17.2 Å². The number of hydrogen-bond acceptors (Lipinski definition) is 5. The van der Waals surface area contributed by atoms with Gasteiger partial charge in [0.15, 0.2) is 0 Å². The van der Waals surface area contributed by atoms with E-state index in [4.69, 9.17) is 4.74 Å². The molecule has 0 unspecified atom stereocenters. The van der Waals surface area contributed by atoms with Crippen LogP contribution in [0, 0.1) is 0 Å². The van der Waals surface area contributed by atoms with Crippen molar-refractivity contribution in [2.45, 2.75) is 11.8 Å². The van der Waals surface area contributed by atoms with Crippen LogP contribution in [0.3, 0.4) is 0 Å². The van der Waals surface area contributed by atoms with Gasteiger partial charge in [-0.15, -0.1) is 0 Å². The van der Waals surface area contributed by atoms with E-state index in [0.717, 1.165) is 4.31 Å². The molecule has 0 heterocycles. The summed E-state index contributed by atoms with van der Waals surface area (Å²) in [7, 11) is -6.00. The predicted molar refractivity (Wildman–Crippen MR) is 101 cm³/mol. The minimum Gasteiger partial charge on any atom is -0.494 e. The second-order valence-corrected chi connectivity index (χ2v) is 9.31. The maximum atomic E-state index is 12.3. The van der Waals surface area contributed by atoms with Gasteiger partial charge in [0.05, 0.1) is 22.9 Å². The maximum Gasteiger partial charge on any atom is 0.240 e. The molecule has 9 heteroatoms. The Labute approximate surface area is 154 Å². The Morgan fingerprint density at radius 1 is 0.962 bits per heavy atom. The van der Waals surface area contributed by atoms with Gasteiger partial charge in [0.25, 0.3) is 0 Å². The molecule has 7 nitrogen and oxygen atoms in total. The van der Waals surface area contributed by atoms with Gasteiger partial charge in [-0.25, -0.2) is 21.6 Å². The molecule has 0 atom stereocenters. The molecular weight excluding hydrogens is 376 g/mol. The van der Waals surface area contributed by atoms with Crippen LogP contribution < -0.4 is 13.8 Å². The fourth-order valence-corrected chi connectivity index (χ4v) is 4.44. The molecule has 0 aliphatic rings. The molecular formula is C17H22N2O5S2. The fourth-order valence-electron chi connectivity index (χ4n) is 2.21. The molecule has 0 saturated heterocycles. The molecule has 0 amide bonds. The van der Waals surface area contributed by atoms with Crippen molar-refractivity contribution >= 4 is 25.7 Å². The molecule has 0 saturated carbocycles. The fraction of sp³-hybridized carbons (Fsp3) is 0.294. The summed E-state index contributed by atoms with van der Waals surface area (Å²) in [6.45, 7) is 2.09. The summed E-state index contributed by atoms with van der Waals surface area (Å²) in [5.41, 5.74) is 0.516. The third-order valence-corrected chi connectivity index (χ3v) is 6.88. The van der Waals surface area contributed by atoms with Crippen molar-refractivity contribution in [1.82, 2.24) is 4.72 Å². The van der Waals surface area contributed by atoms with Gasteiger partial charge in [-0.1, -0.05) is 18.2 Å². The second kappa shape index (κ2) is 8.52. The highest BCUT2D eigenvalue weighted by Gasteiger charge is 2.20. The summed E-state index contributed by atoms with van der Waals surface area (Å²) in [5.74, 6) is 0.216. The highest BCUT2D eigenvalue weighted by Crippen LogP contribution is 2.17. The zero-order valence-electron chi connectivity index (χ0n) is 14.6. The van der Waals surface area contributed by atoms with Crippen molar-refractivity contribution in [2.75, 3.05) is 30.3 Å². The van der Waals surface area contributed by atoms with Gasteiger partial charge in [0.2, 0.25) is 20.0 Å². The van der Waals surface area contributed by atoms with Crippen LogP contribution in [0.5, 0.6) is 5.75 Å². The molecule has 0 aliphatic heterocycles. The van der Waals surface area contributed by atoms with Crippen LogP contribution >= 0.6 is 0 Å². The number of benzene rings is 2. The van der Waals surface area contributed by atoms with E-state index in [1.165, 1.54) is 19.2 Å². The van der Waals surface area contributed by atoms with E-state index in [9.17, 15) is 16.8 Å². The van der Waals surface area contributed by atoms with Gasteiger partial charge in [0.1, 0.15) is 5.75 Å². The monoisotopic (exact) mass is 398 g/mol. The van der Waals surface area contributed by atoms with Crippen molar-refractivity contribution in [1.29, 1.82) is 0 Å². The van der Waals surface area contributed by atoms with Crippen LogP contribution in [-0.2, 0) is 20.0 Å². The zero-order valence-corrected chi connectivity index (χ0v) is 16.3. The molecule has 0 radical (unpaired) electrons. The molecule has 1 N–H and O–H groups in total. The van der Waals surface area contributed by atoms with Crippen LogP contribution in [0.25, 0.3) is 0 Å². The lowest BCUT2D eigenvalue weighted by Gasteiger charge is -2.19. The van der Waals surface area contributed by atoms with Gasteiger partial charge >= 0.3 is 0 Å². The zero-order chi connectivity index (χ0) is 19.2. The van der Waals surface area contributed by atoms with E-state index in [2.05, 4.69) is 4.72 Å². The first kappa shape index (κ1) is 20.2. The number of nitrogens with one attached hydrogen (secondary N) is 1. The minimum atomic E-state index is -3.79. The second-order valence-electron chi connectivity index (χ2n) is 5.42. The van der Waals surface area contributed by atoms with Crippen molar-refractivity contribution in [3.8, 4) is 5.75 Å². The van der Waals surface area contributed by atoms with Crippen LogP contribution in [0.1, 0.15) is 6.92 Å². The van der Waals surface area contributed by atoms with E-state index in [1.807, 2.05) is 6.92 Å². The Morgan fingerprint density at radius 2 is 1.58 bits per heavy atom. The van der Waals surface area contributed by atoms with Gasteiger partial charge in [-0.2, -0.15) is 0 Å². The predicted octanol–water partition coefficient (Wildman–Crippen LogP) is 1.83. The Hall–Kier alpha value is -2.10. The first-order valence-electron chi connectivity index (χ1n) is 8.00. The Morgan fingerprint density at radius 3 is 2.15 bits per heavy atom. The molecule has 2 aromatic rings. The van der Waals surface area contributed by atoms with Crippen LogP contribution in [0.15, 0.2) is 59.5 Å². The first-order valence-corrected chi connectivity index (χ1v) is 11.1. The number of anilines is 1. The molecule has 0 aliphatic carbocycles. The summed E-state index contributed by atoms with van der Waals surface area (Å²) in [5, 5.41) is 0. The van der Waals surface area contributed by atoms with Crippen molar-refractivity contribution in [3.63, 3.8) is 0 Å². The lowest BCUT2D eigenvalue weighted by atomic mass is 10.3. The van der Waals surface area contributed by atoms with Crippen LogP contribution in [0.4, 0.5) is 5.69 Å². The number of para-hydroxylation sites is 1. The molecule has 0 spiro atoms. The van der Waals surface area contributed by atoms with Crippen molar-refractivity contribution < 1.29 is 21.6 Å². The van der Waals surface area contributed by atoms with E-state index in [1.54, 1.807) is 42.5 Å². The first-order chi connectivity index (χ1) is 12.3. The summed E-state index contributed by atoms with van der Waals surface area (Å²) < 4.78 is 57.9. The maximum absolute atomic E-state index is 12.3. The molecule has 0 bridgehead atoms. The van der Waals surface area contributed by atoms with E-state index >= 15 is 0 Å². The normalized spacial score (nSPS) is 11.9. The smallest absolute Gasteiger partial charge is 0.240 e. The van der Waals surface area contributed by atoms with Crippen LogP contribution in [0.2, 0.25) is 0 Å². The Kier molecular flexibility index (Phi) is 6.63. The van der Waals surface area contributed by atoms with Gasteiger partial charge < -0.3 is 4.74 Å². The lowest BCUT2D eigenvalue weighted by Crippen LogP contribution is -2.35. The number of hydrogen-bond donors (Lipinski definition) is 1. The molecule has 2 aromatic carbocycles. The average molecular weight is 399 g/mol. The number of rotatable bonds is 9. The summed E-state index contributed by atoms with van der Waals surface area (Å²) in [4.78, 5) is 0.0507. The Balaban J connectivity index is 1.99. The number of sulfonamides is 2. The van der Waals surface area contributed by atoms with Gasteiger partial charge in [0, 0.05) is 13.6 Å². The van der Waals surface area contributed by atoms with Crippen molar-refractivity contribution in [3.05, 3.63) is 54.6 Å². The molecule has 26 heavy (non-hydrogen) atoms. The molecule has 2 rings (SSSR count). The third kappa shape index (κ3) is 5.20. The summed E-state index contributed by atoms with van der Waals surface area (Å²) >= 11 is 0. The number of nitrogens with zero attached hydrogens (tertiary/aromatic N) is 1. The molecule has 0 aromatic heterocycles. The molecule has 0 fully saturated rings. The molecule has 142 valence electrons. The SMILES string of the molecule is CCOc1ccc(S(=O)(=O)NCCS(=O)(=O)N(C)c2ccccc2)cc1. The Bertz CT molecular complexity index is 911. The summed E-state index contributed by atoms with van der Waals surface area (Å²) in [6.07, 6.45) is 0. The van der Waals surface area contributed by atoms with Gasteiger partial charge in [-0.05, 0) is 43.3 Å². The average Bonchev–Trinajstić information content (AvgIpc) is 2.62.